The Kier molecular flexibility index (Phi) is 4.81. The summed E-state index contributed by atoms with van der Waals surface area (Å²) in [6.07, 6.45) is 0. The van der Waals surface area contributed by atoms with Gasteiger partial charge in [0.15, 0.2) is 5.13 Å². The minimum absolute atomic E-state index is 0.0279. The monoisotopic (exact) mass is 391 g/mol. The molecule has 1 heterocycles. The van der Waals surface area contributed by atoms with Crippen LogP contribution in [0.2, 0.25) is 0 Å². The van der Waals surface area contributed by atoms with Gasteiger partial charge in [0.2, 0.25) is 0 Å². The fourth-order valence-electron chi connectivity index (χ4n) is 2.71. The molecule has 0 saturated heterocycles. The van der Waals surface area contributed by atoms with E-state index in [-0.39, 0.29) is 28.8 Å². The van der Waals surface area contributed by atoms with Crippen molar-refractivity contribution in [3.05, 3.63) is 42.0 Å². The van der Waals surface area contributed by atoms with Crippen LogP contribution in [-0.4, -0.2) is 25.1 Å². The number of para-hydroxylation sites is 1. The van der Waals surface area contributed by atoms with Gasteiger partial charge in [0.25, 0.3) is 10.0 Å². The molecule has 3 aromatic rings. The van der Waals surface area contributed by atoms with Crippen LogP contribution in [0.15, 0.2) is 41.3 Å². The van der Waals surface area contributed by atoms with Crippen molar-refractivity contribution < 1.29 is 13.5 Å². The molecule has 3 rings (SSSR count). The van der Waals surface area contributed by atoms with Crippen LogP contribution in [0.4, 0.5) is 10.8 Å². The van der Waals surface area contributed by atoms with Crippen molar-refractivity contribution in [1.82, 2.24) is 4.98 Å². The van der Waals surface area contributed by atoms with Gasteiger partial charge in [-0.25, -0.2) is 13.4 Å². The summed E-state index contributed by atoms with van der Waals surface area (Å²) in [4.78, 5) is 4.31. The number of aromatic nitrogens is 1. The Morgan fingerprint density at radius 1 is 1.27 bits per heavy atom. The van der Waals surface area contributed by atoms with E-state index in [0.29, 0.717) is 20.9 Å². The Morgan fingerprint density at radius 2 is 2.00 bits per heavy atom. The maximum atomic E-state index is 13.4. The van der Waals surface area contributed by atoms with Gasteiger partial charge in [0, 0.05) is 6.54 Å². The van der Waals surface area contributed by atoms with E-state index in [1.807, 2.05) is 13.8 Å². The van der Waals surface area contributed by atoms with Crippen LogP contribution in [-0.2, 0) is 10.0 Å². The average Bonchev–Trinajstić information content (AvgIpc) is 2.94. The van der Waals surface area contributed by atoms with Crippen molar-refractivity contribution in [2.24, 2.45) is 5.92 Å². The molecule has 0 fully saturated rings. The summed E-state index contributed by atoms with van der Waals surface area (Å²) in [5.41, 5.74) is 7.29. The topological polar surface area (TPSA) is 96.5 Å². The summed E-state index contributed by atoms with van der Waals surface area (Å²) in [7, 11) is -3.86. The Balaban J connectivity index is 2.15. The van der Waals surface area contributed by atoms with Crippen molar-refractivity contribution in [3.8, 4) is 5.75 Å². The molecule has 0 aliphatic carbocycles. The number of phenolic OH excluding ortho intramolecular Hbond substituents is 1. The van der Waals surface area contributed by atoms with Gasteiger partial charge in [-0.15, -0.1) is 0 Å². The molecule has 0 spiro atoms. The summed E-state index contributed by atoms with van der Waals surface area (Å²) in [6.45, 7) is 5.86. The van der Waals surface area contributed by atoms with Gasteiger partial charge in [-0.3, -0.25) is 4.31 Å². The number of thiazole rings is 1. The molecule has 2 aromatic carbocycles. The first-order valence-electron chi connectivity index (χ1n) is 8.17. The molecule has 0 aliphatic rings. The molecule has 0 unspecified atom stereocenters. The number of sulfonamides is 1. The van der Waals surface area contributed by atoms with Gasteiger partial charge in [0.1, 0.15) is 5.75 Å². The van der Waals surface area contributed by atoms with E-state index in [0.717, 1.165) is 0 Å². The van der Waals surface area contributed by atoms with E-state index in [1.165, 1.54) is 21.7 Å². The van der Waals surface area contributed by atoms with Crippen LogP contribution in [0.1, 0.15) is 19.4 Å². The van der Waals surface area contributed by atoms with Gasteiger partial charge in [-0.1, -0.05) is 37.3 Å². The molecule has 6 nitrogen and oxygen atoms in total. The Morgan fingerprint density at radius 3 is 2.69 bits per heavy atom. The van der Waals surface area contributed by atoms with Crippen LogP contribution in [0.3, 0.4) is 0 Å². The number of nitrogens with zero attached hydrogens (tertiary/aromatic N) is 2. The molecule has 0 radical (unpaired) electrons. The zero-order valence-corrected chi connectivity index (χ0v) is 16.4. The smallest absolute Gasteiger partial charge is 0.264 e. The molecule has 0 atom stereocenters. The highest BCUT2D eigenvalue weighted by Crippen LogP contribution is 2.35. The standard InChI is InChI=1S/C18H21N3O3S2/c1-11(2)10-21(15-6-4-5-12(3)17(15)22)26(23,24)13-7-8-14-16(9-13)25-18(19)20-14/h4-9,11,22H,10H2,1-3H3,(H2,19,20). The lowest BCUT2D eigenvalue weighted by atomic mass is 10.1. The van der Waals surface area contributed by atoms with E-state index in [9.17, 15) is 13.5 Å². The first-order valence-corrected chi connectivity index (χ1v) is 10.4. The summed E-state index contributed by atoms with van der Waals surface area (Å²) < 4.78 is 28.7. The zero-order chi connectivity index (χ0) is 19.1. The number of rotatable bonds is 5. The molecule has 1 aromatic heterocycles. The maximum absolute atomic E-state index is 13.4. The molecular formula is C18H21N3O3S2. The number of benzene rings is 2. The molecule has 0 bridgehead atoms. The second-order valence-electron chi connectivity index (χ2n) is 6.55. The van der Waals surface area contributed by atoms with Crippen LogP contribution >= 0.6 is 11.3 Å². The highest BCUT2D eigenvalue weighted by molar-refractivity contribution is 7.92. The van der Waals surface area contributed by atoms with E-state index < -0.39 is 10.0 Å². The molecule has 0 aliphatic heterocycles. The lowest BCUT2D eigenvalue weighted by Crippen LogP contribution is -2.34. The third kappa shape index (κ3) is 3.34. The molecular weight excluding hydrogens is 370 g/mol. The average molecular weight is 392 g/mol. The summed E-state index contributed by atoms with van der Waals surface area (Å²) in [6, 6.07) is 9.85. The van der Waals surface area contributed by atoms with Gasteiger partial charge in [-0.05, 0) is 42.7 Å². The zero-order valence-electron chi connectivity index (χ0n) is 14.8. The third-order valence-electron chi connectivity index (χ3n) is 3.98. The number of hydrogen-bond acceptors (Lipinski definition) is 6. The number of hydrogen-bond donors (Lipinski definition) is 2. The minimum Gasteiger partial charge on any atom is -0.505 e. The summed E-state index contributed by atoms with van der Waals surface area (Å²) in [5, 5.41) is 10.8. The SMILES string of the molecule is Cc1cccc(N(CC(C)C)S(=O)(=O)c2ccc3nc(N)sc3c2)c1O. The van der Waals surface area contributed by atoms with E-state index >= 15 is 0 Å². The van der Waals surface area contributed by atoms with Crippen LogP contribution < -0.4 is 10.0 Å². The molecule has 8 heteroatoms. The predicted molar refractivity (Wildman–Crippen MR) is 106 cm³/mol. The molecule has 0 saturated carbocycles. The number of aryl methyl sites for hydroxylation is 1. The fraction of sp³-hybridized carbons (Fsp3) is 0.278. The highest BCUT2D eigenvalue weighted by Gasteiger charge is 2.28. The van der Waals surface area contributed by atoms with Crippen LogP contribution in [0.25, 0.3) is 10.2 Å². The third-order valence-corrected chi connectivity index (χ3v) is 6.60. The molecule has 0 amide bonds. The number of phenols is 1. The summed E-state index contributed by atoms with van der Waals surface area (Å²) >= 11 is 1.24. The number of nitrogens with two attached hydrogens (primary N) is 1. The van der Waals surface area contributed by atoms with E-state index in [2.05, 4.69) is 4.98 Å². The summed E-state index contributed by atoms with van der Waals surface area (Å²) in [5.74, 6) is 0.0484. The lowest BCUT2D eigenvalue weighted by molar-refractivity contribution is 0.470. The second kappa shape index (κ2) is 6.77. The van der Waals surface area contributed by atoms with Gasteiger partial charge in [0.05, 0.1) is 20.8 Å². The van der Waals surface area contributed by atoms with Crippen molar-refractivity contribution in [2.75, 3.05) is 16.6 Å². The number of anilines is 2. The fourth-order valence-corrected chi connectivity index (χ4v) is 5.22. The highest BCUT2D eigenvalue weighted by atomic mass is 32.2. The first kappa shape index (κ1) is 18.5. The van der Waals surface area contributed by atoms with Crippen molar-refractivity contribution in [3.63, 3.8) is 0 Å². The molecule has 26 heavy (non-hydrogen) atoms. The van der Waals surface area contributed by atoms with Gasteiger partial charge >= 0.3 is 0 Å². The quantitative estimate of drug-likeness (QED) is 0.690. The predicted octanol–water partition coefficient (Wildman–Crippen LogP) is 3.74. The van der Waals surface area contributed by atoms with Crippen molar-refractivity contribution in [1.29, 1.82) is 0 Å². The Hall–Kier alpha value is -2.32. The van der Waals surface area contributed by atoms with Crippen LogP contribution in [0.5, 0.6) is 5.75 Å². The largest absolute Gasteiger partial charge is 0.505 e. The number of fused-ring (bicyclic) bond motifs is 1. The van der Waals surface area contributed by atoms with Crippen molar-refractivity contribution in [2.45, 2.75) is 25.7 Å². The normalized spacial score (nSPS) is 12.0. The second-order valence-corrected chi connectivity index (χ2v) is 9.48. The van der Waals surface area contributed by atoms with E-state index in [1.54, 1.807) is 37.3 Å². The number of nitrogen functional groups attached to an aromatic ring is 1. The minimum atomic E-state index is -3.86. The molecule has 138 valence electrons. The number of aromatic hydroxyl groups is 1. The first-order chi connectivity index (χ1) is 12.2. The molecule has 3 N–H and O–H groups in total. The maximum Gasteiger partial charge on any atom is 0.264 e. The Labute approximate surface area is 157 Å². The van der Waals surface area contributed by atoms with Crippen LogP contribution in [0, 0.1) is 12.8 Å². The Bertz CT molecular complexity index is 1060. The lowest BCUT2D eigenvalue weighted by Gasteiger charge is -2.27. The van der Waals surface area contributed by atoms with E-state index in [4.69, 9.17) is 5.73 Å². The van der Waals surface area contributed by atoms with Gasteiger partial charge < -0.3 is 10.8 Å². The van der Waals surface area contributed by atoms with Crippen molar-refractivity contribution >= 4 is 42.4 Å². The van der Waals surface area contributed by atoms with Gasteiger partial charge in [-0.2, -0.15) is 0 Å².